The number of rotatable bonds is 1. The van der Waals surface area contributed by atoms with Crippen LogP contribution >= 0.6 is 15.9 Å². The number of benzene rings is 3. The summed E-state index contributed by atoms with van der Waals surface area (Å²) in [7, 11) is 0. The van der Waals surface area contributed by atoms with E-state index in [1.807, 2.05) is 0 Å². The van der Waals surface area contributed by atoms with Crippen molar-refractivity contribution in [2.45, 2.75) is 5.92 Å². The Labute approximate surface area is 126 Å². The Hall–Kier alpha value is -1.86. The SMILES string of the molecule is Brc1ccc2c(c1)C(c1cccc3ccccc13)C=C2. The van der Waals surface area contributed by atoms with Crippen LogP contribution in [0.5, 0.6) is 0 Å². The molecule has 0 saturated heterocycles. The lowest BCUT2D eigenvalue weighted by Gasteiger charge is -2.14. The largest absolute Gasteiger partial charge is 0.0720 e. The third-order valence-electron chi connectivity index (χ3n) is 4.01. The van der Waals surface area contributed by atoms with Gasteiger partial charge in [0.25, 0.3) is 0 Å². The zero-order valence-electron chi connectivity index (χ0n) is 10.9. The second kappa shape index (κ2) is 4.60. The third-order valence-corrected chi connectivity index (χ3v) is 4.50. The molecule has 0 saturated carbocycles. The molecule has 96 valence electrons. The first kappa shape index (κ1) is 11.9. The molecule has 0 bridgehead atoms. The van der Waals surface area contributed by atoms with Gasteiger partial charge in [0.15, 0.2) is 0 Å². The van der Waals surface area contributed by atoms with E-state index in [0.29, 0.717) is 5.92 Å². The molecule has 1 atom stereocenters. The van der Waals surface area contributed by atoms with Crippen molar-refractivity contribution in [1.29, 1.82) is 0 Å². The summed E-state index contributed by atoms with van der Waals surface area (Å²) in [6.07, 6.45) is 4.53. The van der Waals surface area contributed by atoms with E-state index in [1.165, 1.54) is 27.5 Å². The van der Waals surface area contributed by atoms with Gasteiger partial charge in [0.2, 0.25) is 0 Å². The molecule has 0 radical (unpaired) electrons. The van der Waals surface area contributed by atoms with E-state index in [9.17, 15) is 0 Å². The Bertz CT molecular complexity index is 825. The van der Waals surface area contributed by atoms with Gasteiger partial charge in [0, 0.05) is 10.4 Å². The van der Waals surface area contributed by atoms with E-state index < -0.39 is 0 Å². The second-order valence-corrected chi connectivity index (χ2v) is 6.09. The molecule has 0 amide bonds. The Kier molecular flexibility index (Phi) is 2.75. The minimum atomic E-state index is 0.355. The monoisotopic (exact) mass is 320 g/mol. The smallest absolute Gasteiger partial charge is 0.0285 e. The third kappa shape index (κ3) is 1.82. The molecule has 0 nitrogen and oxygen atoms in total. The highest BCUT2D eigenvalue weighted by molar-refractivity contribution is 9.10. The maximum Gasteiger partial charge on any atom is 0.0285 e. The molecule has 0 aliphatic heterocycles. The summed E-state index contributed by atoms with van der Waals surface area (Å²) in [5.74, 6) is 0.355. The highest BCUT2D eigenvalue weighted by atomic mass is 79.9. The van der Waals surface area contributed by atoms with E-state index >= 15 is 0 Å². The second-order valence-electron chi connectivity index (χ2n) is 5.18. The fraction of sp³-hybridized carbons (Fsp3) is 0.0526. The molecule has 1 aliphatic carbocycles. The molecular formula is C19H13Br. The highest BCUT2D eigenvalue weighted by Gasteiger charge is 2.20. The van der Waals surface area contributed by atoms with Gasteiger partial charge in [0.05, 0.1) is 0 Å². The maximum atomic E-state index is 3.59. The summed E-state index contributed by atoms with van der Waals surface area (Å²) in [6, 6.07) is 21.7. The fourth-order valence-corrected chi connectivity index (χ4v) is 3.44. The molecule has 0 fully saturated rings. The van der Waals surface area contributed by atoms with Gasteiger partial charge in [-0.05, 0) is 39.6 Å². The quantitative estimate of drug-likeness (QED) is 0.534. The predicted octanol–water partition coefficient (Wildman–Crippen LogP) is 5.76. The van der Waals surface area contributed by atoms with Crippen molar-refractivity contribution in [3.8, 4) is 0 Å². The molecule has 1 heteroatoms. The van der Waals surface area contributed by atoms with E-state index in [1.54, 1.807) is 0 Å². The normalized spacial score (nSPS) is 16.6. The van der Waals surface area contributed by atoms with Crippen LogP contribution in [0.2, 0.25) is 0 Å². The number of halogens is 1. The van der Waals surface area contributed by atoms with Crippen LogP contribution in [0.4, 0.5) is 0 Å². The molecule has 0 heterocycles. The van der Waals surface area contributed by atoms with E-state index in [0.717, 1.165) is 4.47 Å². The number of allylic oxidation sites excluding steroid dienone is 1. The molecule has 3 aromatic rings. The van der Waals surface area contributed by atoms with Crippen molar-refractivity contribution in [3.05, 3.63) is 87.9 Å². The van der Waals surface area contributed by atoms with Crippen molar-refractivity contribution in [2.75, 3.05) is 0 Å². The van der Waals surface area contributed by atoms with Crippen molar-refractivity contribution in [2.24, 2.45) is 0 Å². The molecule has 0 spiro atoms. The van der Waals surface area contributed by atoms with Crippen LogP contribution < -0.4 is 0 Å². The average molecular weight is 321 g/mol. The van der Waals surface area contributed by atoms with Crippen LogP contribution in [-0.2, 0) is 0 Å². The lowest BCUT2D eigenvalue weighted by molar-refractivity contribution is 1.06. The Balaban J connectivity index is 1.95. The standard InChI is InChI=1S/C19H13Br/c20-15-10-8-14-9-11-18(19(14)12-15)17-7-3-5-13-4-1-2-6-16(13)17/h1-12,18H. The molecule has 20 heavy (non-hydrogen) atoms. The van der Waals surface area contributed by atoms with Crippen molar-refractivity contribution >= 4 is 32.8 Å². The molecule has 1 aliphatic rings. The summed E-state index contributed by atoms with van der Waals surface area (Å²) in [5.41, 5.74) is 4.10. The van der Waals surface area contributed by atoms with Gasteiger partial charge in [-0.3, -0.25) is 0 Å². The van der Waals surface area contributed by atoms with Crippen molar-refractivity contribution in [1.82, 2.24) is 0 Å². The van der Waals surface area contributed by atoms with Gasteiger partial charge in [-0.1, -0.05) is 76.6 Å². The molecular weight excluding hydrogens is 308 g/mol. The molecule has 3 aromatic carbocycles. The minimum Gasteiger partial charge on any atom is -0.0720 e. The predicted molar refractivity (Wildman–Crippen MR) is 89.0 cm³/mol. The van der Waals surface area contributed by atoms with Gasteiger partial charge >= 0.3 is 0 Å². The summed E-state index contributed by atoms with van der Waals surface area (Å²) in [4.78, 5) is 0. The Morgan fingerprint density at radius 1 is 0.800 bits per heavy atom. The summed E-state index contributed by atoms with van der Waals surface area (Å²) in [5, 5.41) is 2.65. The number of hydrogen-bond acceptors (Lipinski definition) is 0. The van der Waals surface area contributed by atoms with Crippen LogP contribution in [0, 0.1) is 0 Å². The Morgan fingerprint density at radius 2 is 1.65 bits per heavy atom. The fourth-order valence-electron chi connectivity index (χ4n) is 3.06. The lowest BCUT2D eigenvalue weighted by atomic mass is 9.89. The van der Waals surface area contributed by atoms with E-state index in [-0.39, 0.29) is 0 Å². The first-order valence-electron chi connectivity index (χ1n) is 6.78. The van der Waals surface area contributed by atoms with Gasteiger partial charge in [0.1, 0.15) is 0 Å². The lowest BCUT2D eigenvalue weighted by Crippen LogP contribution is -1.97. The summed E-state index contributed by atoms with van der Waals surface area (Å²) < 4.78 is 1.14. The summed E-state index contributed by atoms with van der Waals surface area (Å²) >= 11 is 3.59. The maximum absolute atomic E-state index is 3.59. The minimum absolute atomic E-state index is 0.355. The summed E-state index contributed by atoms with van der Waals surface area (Å²) in [6.45, 7) is 0. The molecule has 1 unspecified atom stereocenters. The van der Waals surface area contributed by atoms with Crippen LogP contribution in [-0.4, -0.2) is 0 Å². The van der Waals surface area contributed by atoms with E-state index in [2.05, 4.69) is 88.7 Å². The molecule has 0 aromatic heterocycles. The average Bonchev–Trinajstić information content (AvgIpc) is 2.89. The van der Waals surface area contributed by atoms with Crippen LogP contribution in [0.15, 0.2) is 71.2 Å². The van der Waals surface area contributed by atoms with Crippen molar-refractivity contribution in [3.63, 3.8) is 0 Å². The molecule has 4 rings (SSSR count). The first-order valence-corrected chi connectivity index (χ1v) is 7.57. The number of fused-ring (bicyclic) bond motifs is 2. The van der Waals surface area contributed by atoms with Crippen LogP contribution in [0.1, 0.15) is 22.6 Å². The van der Waals surface area contributed by atoms with Crippen LogP contribution in [0.25, 0.3) is 16.8 Å². The van der Waals surface area contributed by atoms with Gasteiger partial charge in [-0.15, -0.1) is 0 Å². The number of hydrogen-bond donors (Lipinski definition) is 0. The van der Waals surface area contributed by atoms with Crippen molar-refractivity contribution < 1.29 is 0 Å². The van der Waals surface area contributed by atoms with Crippen LogP contribution in [0.3, 0.4) is 0 Å². The van der Waals surface area contributed by atoms with E-state index in [4.69, 9.17) is 0 Å². The zero-order valence-corrected chi connectivity index (χ0v) is 12.5. The van der Waals surface area contributed by atoms with Gasteiger partial charge in [-0.25, -0.2) is 0 Å². The van der Waals surface area contributed by atoms with Gasteiger partial charge < -0.3 is 0 Å². The Morgan fingerprint density at radius 3 is 2.60 bits per heavy atom. The van der Waals surface area contributed by atoms with Gasteiger partial charge in [-0.2, -0.15) is 0 Å². The highest BCUT2D eigenvalue weighted by Crippen LogP contribution is 2.39. The topological polar surface area (TPSA) is 0 Å². The molecule has 0 N–H and O–H groups in total. The zero-order chi connectivity index (χ0) is 13.5. The first-order chi connectivity index (χ1) is 9.83.